The van der Waals surface area contributed by atoms with Gasteiger partial charge in [-0.2, -0.15) is 0 Å². The molecule has 0 fully saturated rings. The largest absolute Gasteiger partial charge is 0.497 e. The number of tetrazole rings is 1. The van der Waals surface area contributed by atoms with Gasteiger partial charge in [0.25, 0.3) is 5.91 Å². The number of nitrogens with one attached hydrogen (secondary N) is 2. The zero-order chi connectivity index (χ0) is 20.9. The van der Waals surface area contributed by atoms with Crippen LogP contribution in [-0.4, -0.2) is 45.3 Å². The molecule has 4 rings (SSSR count). The van der Waals surface area contributed by atoms with Crippen molar-refractivity contribution < 1.29 is 14.3 Å². The summed E-state index contributed by atoms with van der Waals surface area (Å²) in [6, 6.07) is 12.5. The van der Waals surface area contributed by atoms with Gasteiger partial charge in [0, 0.05) is 17.1 Å². The lowest BCUT2D eigenvalue weighted by Gasteiger charge is -2.10. The molecule has 0 saturated heterocycles. The number of benzene rings is 2. The van der Waals surface area contributed by atoms with Crippen LogP contribution in [0.5, 0.6) is 11.5 Å². The van der Waals surface area contributed by atoms with Crippen LogP contribution in [0.3, 0.4) is 0 Å². The standard InChI is InChI=1S/C19H17N7O3S/c1-28-14-7-8-15(17(9-14)29-2)22-19-23-16(10-30-19)18(27)21-12-3-5-13(6-4-12)26-11-20-24-25-26/h3-11H,1-2H3,(H,21,27)(H,22,23). The van der Waals surface area contributed by atoms with Gasteiger partial charge >= 0.3 is 0 Å². The molecule has 2 aromatic heterocycles. The predicted molar refractivity (Wildman–Crippen MR) is 112 cm³/mol. The molecule has 0 aliphatic rings. The van der Waals surface area contributed by atoms with Crippen LogP contribution in [0, 0.1) is 0 Å². The SMILES string of the molecule is COc1ccc(Nc2nc(C(=O)Nc3ccc(-n4cnnn4)cc3)cs2)c(OC)c1. The summed E-state index contributed by atoms with van der Waals surface area (Å²) in [4.78, 5) is 16.9. The van der Waals surface area contributed by atoms with E-state index >= 15 is 0 Å². The van der Waals surface area contributed by atoms with Crippen molar-refractivity contribution in [1.29, 1.82) is 0 Å². The maximum absolute atomic E-state index is 12.5. The molecule has 1 amide bonds. The van der Waals surface area contributed by atoms with E-state index in [1.54, 1.807) is 49.9 Å². The van der Waals surface area contributed by atoms with Gasteiger partial charge in [0.15, 0.2) is 5.13 Å². The second-order valence-corrected chi connectivity index (χ2v) is 6.84. The Hall–Kier alpha value is -3.99. The number of aromatic nitrogens is 5. The fraction of sp³-hybridized carbons (Fsp3) is 0.105. The molecule has 10 nitrogen and oxygen atoms in total. The number of amides is 1. The van der Waals surface area contributed by atoms with Crippen molar-refractivity contribution in [1.82, 2.24) is 25.2 Å². The summed E-state index contributed by atoms with van der Waals surface area (Å²) >= 11 is 1.32. The Morgan fingerprint density at radius 3 is 2.63 bits per heavy atom. The van der Waals surface area contributed by atoms with Gasteiger partial charge < -0.3 is 20.1 Å². The molecular weight excluding hydrogens is 406 g/mol. The molecule has 0 aliphatic carbocycles. The Morgan fingerprint density at radius 2 is 1.93 bits per heavy atom. The van der Waals surface area contributed by atoms with Crippen molar-refractivity contribution in [3.05, 3.63) is 59.9 Å². The fourth-order valence-corrected chi connectivity index (χ4v) is 3.33. The number of ether oxygens (including phenoxy) is 2. The van der Waals surface area contributed by atoms with Gasteiger partial charge in [0.1, 0.15) is 23.5 Å². The minimum Gasteiger partial charge on any atom is -0.497 e. The minimum atomic E-state index is -0.309. The van der Waals surface area contributed by atoms with Crippen LogP contribution in [0.25, 0.3) is 5.69 Å². The zero-order valence-corrected chi connectivity index (χ0v) is 16.9. The average molecular weight is 423 g/mol. The van der Waals surface area contributed by atoms with Crippen molar-refractivity contribution in [2.75, 3.05) is 24.9 Å². The average Bonchev–Trinajstić information content (AvgIpc) is 3.47. The summed E-state index contributed by atoms with van der Waals surface area (Å²) < 4.78 is 12.1. The molecule has 11 heteroatoms. The zero-order valence-electron chi connectivity index (χ0n) is 16.1. The number of thiazole rings is 1. The van der Waals surface area contributed by atoms with E-state index in [1.807, 2.05) is 12.1 Å². The highest BCUT2D eigenvalue weighted by molar-refractivity contribution is 7.14. The quantitative estimate of drug-likeness (QED) is 0.466. The molecule has 0 unspecified atom stereocenters. The molecule has 0 atom stereocenters. The number of methoxy groups -OCH3 is 2. The lowest BCUT2D eigenvalue weighted by Crippen LogP contribution is -2.12. The van der Waals surface area contributed by atoms with Crippen LogP contribution >= 0.6 is 11.3 Å². The van der Waals surface area contributed by atoms with E-state index in [2.05, 4.69) is 31.1 Å². The molecule has 152 valence electrons. The second-order valence-electron chi connectivity index (χ2n) is 5.98. The summed E-state index contributed by atoms with van der Waals surface area (Å²) in [6.45, 7) is 0. The highest BCUT2D eigenvalue weighted by Gasteiger charge is 2.13. The van der Waals surface area contributed by atoms with Crippen LogP contribution in [0.2, 0.25) is 0 Å². The Labute approximate surface area is 175 Å². The minimum absolute atomic E-state index is 0.305. The Balaban J connectivity index is 1.43. The molecule has 2 aromatic carbocycles. The molecule has 30 heavy (non-hydrogen) atoms. The van der Waals surface area contributed by atoms with E-state index in [4.69, 9.17) is 9.47 Å². The summed E-state index contributed by atoms with van der Waals surface area (Å²) in [5, 5.41) is 19.2. The normalized spacial score (nSPS) is 10.5. The van der Waals surface area contributed by atoms with Crippen LogP contribution < -0.4 is 20.1 Å². The maximum Gasteiger partial charge on any atom is 0.275 e. The van der Waals surface area contributed by atoms with Gasteiger partial charge in [-0.1, -0.05) is 0 Å². The summed E-state index contributed by atoms with van der Waals surface area (Å²) in [6.07, 6.45) is 1.50. The third-order valence-electron chi connectivity index (χ3n) is 4.13. The number of hydrogen-bond acceptors (Lipinski definition) is 9. The molecular formula is C19H17N7O3S. The first-order valence-electron chi connectivity index (χ1n) is 8.75. The summed E-state index contributed by atoms with van der Waals surface area (Å²) in [5.41, 5.74) is 2.44. The van der Waals surface area contributed by atoms with Crippen molar-refractivity contribution in [2.45, 2.75) is 0 Å². The van der Waals surface area contributed by atoms with Crippen molar-refractivity contribution >= 4 is 33.8 Å². The molecule has 0 saturated carbocycles. The number of rotatable bonds is 7. The summed E-state index contributed by atoms with van der Waals surface area (Å²) in [5.74, 6) is 0.983. The van der Waals surface area contributed by atoms with E-state index in [0.717, 1.165) is 11.4 Å². The van der Waals surface area contributed by atoms with Gasteiger partial charge in [-0.15, -0.1) is 16.4 Å². The Morgan fingerprint density at radius 1 is 1.10 bits per heavy atom. The van der Waals surface area contributed by atoms with Crippen molar-refractivity contribution in [3.8, 4) is 17.2 Å². The van der Waals surface area contributed by atoms with Gasteiger partial charge in [0.2, 0.25) is 0 Å². The Kier molecular flexibility index (Phi) is 5.52. The van der Waals surface area contributed by atoms with Gasteiger partial charge in [-0.25, -0.2) is 9.67 Å². The summed E-state index contributed by atoms with van der Waals surface area (Å²) in [7, 11) is 3.16. The van der Waals surface area contributed by atoms with E-state index in [1.165, 1.54) is 22.3 Å². The smallest absolute Gasteiger partial charge is 0.275 e. The third-order valence-corrected chi connectivity index (χ3v) is 4.88. The lowest BCUT2D eigenvalue weighted by atomic mass is 10.2. The highest BCUT2D eigenvalue weighted by atomic mass is 32.1. The lowest BCUT2D eigenvalue weighted by molar-refractivity contribution is 0.102. The molecule has 2 N–H and O–H groups in total. The molecule has 0 spiro atoms. The van der Waals surface area contributed by atoms with Gasteiger partial charge in [-0.3, -0.25) is 4.79 Å². The van der Waals surface area contributed by atoms with Crippen molar-refractivity contribution in [2.24, 2.45) is 0 Å². The van der Waals surface area contributed by atoms with E-state index in [-0.39, 0.29) is 5.91 Å². The first-order chi connectivity index (χ1) is 14.7. The number of nitrogens with zero attached hydrogens (tertiary/aromatic N) is 5. The fourth-order valence-electron chi connectivity index (χ4n) is 2.62. The van der Waals surface area contributed by atoms with Gasteiger partial charge in [0.05, 0.1) is 25.6 Å². The highest BCUT2D eigenvalue weighted by Crippen LogP contribution is 2.32. The first kappa shape index (κ1) is 19.3. The first-order valence-corrected chi connectivity index (χ1v) is 9.63. The van der Waals surface area contributed by atoms with Crippen LogP contribution in [0.4, 0.5) is 16.5 Å². The molecule has 4 aromatic rings. The van der Waals surface area contributed by atoms with Gasteiger partial charge in [-0.05, 0) is 46.8 Å². The maximum atomic E-state index is 12.5. The second kappa shape index (κ2) is 8.57. The third kappa shape index (κ3) is 4.20. The molecule has 0 aliphatic heterocycles. The number of anilines is 3. The predicted octanol–water partition coefficient (Wildman–Crippen LogP) is 3.13. The monoisotopic (exact) mass is 423 g/mol. The Bertz CT molecular complexity index is 1140. The van der Waals surface area contributed by atoms with Crippen LogP contribution in [0.15, 0.2) is 54.2 Å². The molecule has 0 bridgehead atoms. The number of hydrogen-bond donors (Lipinski definition) is 2. The number of carbonyl (C=O) groups excluding carboxylic acids is 1. The molecule has 2 heterocycles. The van der Waals surface area contributed by atoms with Crippen LogP contribution in [0.1, 0.15) is 10.5 Å². The topological polar surface area (TPSA) is 116 Å². The van der Waals surface area contributed by atoms with E-state index in [0.29, 0.717) is 28.0 Å². The van der Waals surface area contributed by atoms with E-state index < -0.39 is 0 Å². The van der Waals surface area contributed by atoms with E-state index in [9.17, 15) is 4.79 Å². The number of carbonyl (C=O) groups is 1. The van der Waals surface area contributed by atoms with Crippen molar-refractivity contribution in [3.63, 3.8) is 0 Å². The van der Waals surface area contributed by atoms with Crippen LogP contribution in [-0.2, 0) is 0 Å². The molecule has 0 radical (unpaired) electrons.